The Hall–Kier alpha value is -1.42. The average molecular weight is 303 g/mol. The van der Waals surface area contributed by atoms with Gasteiger partial charge in [-0.05, 0) is 55.7 Å². The largest absolute Gasteiger partial charge is 0.381 e. The van der Waals surface area contributed by atoms with Gasteiger partial charge in [-0.1, -0.05) is 12.1 Å². The monoisotopic (exact) mass is 303 g/mol. The minimum Gasteiger partial charge on any atom is -0.381 e. The number of hydrogen-bond acceptors (Lipinski definition) is 2. The van der Waals surface area contributed by atoms with Crippen molar-refractivity contribution in [2.45, 2.75) is 43.6 Å². The molecular weight excluding hydrogens is 281 g/mol. The predicted octanol–water partition coefficient (Wildman–Crippen LogP) is 2.88. The molecular formula is C18H22FNO2. The van der Waals surface area contributed by atoms with Crippen molar-refractivity contribution in [3.8, 4) is 0 Å². The second kappa shape index (κ2) is 5.34. The predicted molar refractivity (Wildman–Crippen MR) is 81.0 cm³/mol. The lowest BCUT2D eigenvalue weighted by Gasteiger charge is -2.48. The van der Waals surface area contributed by atoms with Crippen LogP contribution in [0.1, 0.15) is 37.7 Å². The van der Waals surface area contributed by atoms with E-state index in [9.17, 15) is 9.18 Å². The van der Waals surface area contributed by atoms with Crippen LogP contribution in [-0.4, -0.2) is 36.6 Å². The van der Waals surface area contributed by atoms with Crippen LogP contribution in [0.25, 0.3) is 0 Å². The Morgan fingerprint density at radius 1 is 1.23 bits per heavy atom. The van der Waals surface area contributed by atoms with Crippen molar-refractivity contribution in [3.05, 3.63) is 35.6 Å². The lowest BCUT2D eigenvalue weighted by molar-refractivity contribution is -0.150. The maximum Gasteiger partial charge on any atom is 0.233 e. The second-order valence-electron chi connectivity index (χ2n) is 6.90. The summed E-state index contributed by atoms with van der Waals surface area (Å²) in [5.74, 6) is 0.644. The van der Waals surface area contributed by atoms with Crippen molar-refractivity contribution < 1.29 is 13.9 Å². The summed E-state index contributed by atoms with van der Waals surface area (Å²) in [4.78, 5) is 15.4. The summed E-state index contributed by atoms with van der Waals surface area (Å²) in [5.41, 5.74) is 0.232. The molecule has 4 heteroatoms. The lowest BCUT2D eigenvalue weighted by Crippen LogP contribution is -2.59. The van der Waals surface area contributed by atoms with Gasteiger partial charge in [-0.2, -0.15) is 0 Å². The molecule has 1 aliphatic carbocycles. The van der Waals surface area contributed by atoms with Gasteiger partial charge < -0.3 is 9.64 Å². The van der Waals surface area contributed by atoms with Gasteiger partial charge in [0.1, 0.15) is 5.82 Å². The van der Waals surface area contributed by atoms with E-state index >= 15 is 0 Å². The lowest BCUT2D eigenvalue weighted by atomic mass is 9.72. The fourth-order valence-electron chi connectivity index (χ4n) is 4.04. The number of ether oxygens (including phenoxy) is 1. The van der Waals surface area contributed by atoms with E-state index in [1.807, 2.05) is 6.07 Å². The Morgan fingerprint density at radius 3 is 2.59 bits per heavy atom. The maximum atomic E-state index is 13.7. The maximum absolute atomic E-state index is 13.7. The van der Waals surface area contributed by atoms with Gasteiger partial charge in [-0.15, -0.1) is 0 Å². The number of halogens is 1. The molecule has 0 bridgehead atoms. The molecule has 1 aromatic rings. The third-order valence-corrected chi connectivity index (χ3v) is 5.63. The quantitative estimate of drug-likeness (QED) is 0.859. The summed E-state index contributed by atoms with van der Waals surface area (Å²) >= 11 is 0. The first kappa shape index (κ1) is 14.2. The van der Waals surface area contributed by atoms with Crippen molar-refractivity contribution in [2.24, 2.45) is 5.92 Å². The van der Waals surface area contributed by atoms with Crippen LogP contribution >= 0.6 is 0 Å². The Labute approximate surface area is 130 Å². The summed E-state index contributed by atoms with van der Waals surface area (Å²) in [5, 5.41) is 0. The Morgan fingerprint density at radius 2 is 2.00 bits per heavy atom. The summed E-state index contributed by atoms with van der Waals surface area (Å²) in [6.45, 7) is 2.01. The van der Waals surface area contributed by atoms with Crippen LogP contribution in [0.4, 0.5) is 4.39 Å². The van der Waals surface area contributed by atoms with Gasteiger partial charge in [-0.3, -0.25) is 4.79 Å². The van der Waals surface area contributed by atoms with Crippen molar-refractivity contribution in [1.82, 2.24) is 4.90 Å². The van der Waals surface area contributed by atoms with E-state index in [0.717, 1.165) is 18.5 Å². The van der Waals surface area contributed by atoms with Gasteiger partial charge in [0.05, 0.1) is 5.41 Å². The van der Waals surface area contributed by atoms with E-state index in [4.69, 9.17) is 4.74 Å². The number of nitrogens with zero attached hydrogens (tertiary/aromatic N) is 1. The third kappa shape index (κ3) is 2.24. The number of hydrogen-bond donors (Lipinski definition) is 0. The fraction of sp³-hybridized carbons (Fsp3) is 0.611. The minimum atomic E-state index is -0.589. The highest BCUT2D eigenvalue weighted by molar-refractivity contribution is 5.89. The van der Waals surface area contributed by atoms with E-state index in [-0.39, 0.29) is 11.7 Å². The fourth-order valence-corrected chi connectivity index (χ4v) is 4.04. The molecule has 3 fully saturated rings. The van der Waals surface area contributed by atoms with Crippen molar-refractivity contribution in [1.29, 1.82) is 0 Å². The second-order valence-corrected chi connectivity index (χ2v) is 6.90. The van der Waals surface area contributed by atoms with Crippen LogP contribution in [0.5, 0.6) is 0 Å². The highest BCUT2D eigenvalue weighted by atomic mass is 19.1. The molecule has 1 aromatic carbocycles. The molecule has 1 amide bonds. The van der Waals surface area contributed by atoms with Crippen LogP contribution in [0.15, 0.2) is 24.3 Å². The van der Waals surface area contributed by atoms with Gasteiger partial charge in [0, 0.05) is 25.8 Å². The molecule has 2 aliphatic heterocycles. The molecule has 3 aliphatic rings. The van der Waals surface area contributed by atoms with E-state index in [1.54, 1.807) is 6.07 Å². The van der Waals surface area contributed by atoms with Gasteiger partial charge in [-0.25, -0.2) is 4.39 Å². The van der Waals surface area contributed by atoms with Crippen LogP contribution in [-0.2, 0) is 14.9 Å². The molecule has 4 rings (SSSR count). The Balaban J connectivity index is 1.66. The van der Waals surface area contributed by atoms with E-state index in [1.165, 1.54) is 25.0 Å². The summed E-state index contributed by atoms with van der Waals surface area (Å²) in [6.07, 6.45) is 4.95. The number of likely N-dealkylation sites (tertiary alicyclic amines) is 1. The number of rotatable bonds is 3. The van der Waals surface area contributed by atoms with Crippen LogP contribution in [0.3, 0.4) is 0 Å². The first-order chi connectivity index (χ1) is 10.7. The van der Waals surface area contributed by atoms with Gasteiger partial charge in [0.2, 0.25) is 5.91 Å². The number of carbonyl (C=O) groups excluding carboxylic acids is 1. The number of carbonyl (C=O) groups is 1. The van der Waals surface area contributed by atoms with Gasteiger partial charge in [0.25, 0.3) is 0 Å². The molecule has 1 saturated carbocycles. The molecule has 1 atom stereocenters. The van der Waals surface area contributed by atoms with E-state index < -0.39 is 5.41 Å². The molecule has 1 unspecified atom stereocenters. The molecule has 118 valence electrons. The highest BCUT2D eigenvalue weighted by Gasteiger charge is 2.50. The zero-order valence-electron chi connectivity index (χ0n) is 12.8. The standard InChI is InChI=1S/C18H22FNO2/c19-15-3-1-2-14(12-15)18(7-10-22-11-8-18)17(21)20-9-6-16(20)13-4-5-13/h1-3,12-13,16H,4-11H2. The Bertz CT molecular complexity index is 578. The van der Waals surface area contributed by atoms with Gasteiger partial charge >= 0.3 is 0 Å². The van der Waals surface area contributed by atoms with Gasteiger partial charge in [0.15, 0.2) is 0 Å². The average Bonchev–Trinajstić information content (AvgIpc) is 3.31. The third-order valence-electron chi connectivity index (χ3n) is 5.63. The smallest absolute Gasteiger partial charge is 0.233 e. The van der Waals surface area contributed by atoms with Crippen molar-refractivity contribution >= 4 is 5.91 Å². The molecule has 22 heavy (non-hydrogen) atoms. The molecule has 0 radical (unpaired) electrons. The summed E-state index contributed by atoms with van der Waals surface area (Å²) in [6, 6.07) is 7.02. The zero-order valence-corrected chi connectivity index (χ0v) is 12.8. The molecule has 3 nitrogen and oxygen atoms in total. The normalized spacial score (nSPS) is 27.3. The first-order valence-corrected chi connectivity index (χ1v) is 8.36. The Kier molecular flexibility index (Phi) is 3.44. The zero-order chi connectivity index (χ0) is 15.2. The molecule has 2 saturated heterocycles. The van der Waals surface area contributed by atoms with Crippen LogP contribution in [0, 0.1) is 11.7 Å². The van der Waals surface area contributed by atoms with Crippen molar-refractivity contribution in [3.63, 3.8) is 0 Å². The topological polar surface area (TPSA) is 29.5 Å². The molecule has 0 N–H and O–H groups in total. The molecule has 0 spiro atoms. The number of benzene rings is 1. The number of amides is 1. The molecule has 0 aromatic heterocycles. The summed E-state index contributed by atoms with van der Waals surface area (Å²) in [7, 11) is 0. The SMILES string of the molecule is O=C(N1CCC1C1CC1)C1(c2cccc(F)c2)CCOCC1. The van der Waals surface area contributed by atoms with E-state index in [0.29, 0.717) is 38.0 Å². The van der Waals surface area contributed by atoms with Crippen LogP contribution in [0.2, 0.25) is 0 Å². The summed E-state index contributed by atoms with van der Waals surface area (Å²) < 4.78 is 19.2. The van der Waals surface area contributed by atoms with Crippen molar-refractivity contribution in [2.75, 3.05) is 19.8 Å². The molecule has 2 heterocycles. The van der Waals surface area contributed by atoms with Crippen LogP contribution < -0.4 is 0 Å². The first-order valence-electron chi connectivity index (χ1n) is 8.36. The minimum absolute atomic E-state index is 0.199. The van der Waals surface area contributed by atoms with E-state index in [2.05, 4.69) is 4.90 Å². The highest BCUT2D eigenvalue weighted by Crippen LogP contribution is 2.45.